The molecule has 0 N–H and O–H groups in total. The van der Waals surface area contributed by atoms with Crippen LogP contribution in [0.4, 0.5) is 0 Å². The van der Waals surface area contributed by atoms with Crippen LogP contribution in [0.15, 0.2) is 0 Å². The Kier molecular flexibility index (Phi) is 4.03. The van der Waals surface area contributed by atoms with Crippen LogP contribution in [-0.2, 0) is 9.53 Å². The van der Waals surface area contributed by atoms with Crippen LogP contribution in [0.5, 0.6) is 0 Å². The van der Waals surface area contributed by atoms with Gasteiger partial charge in [-0.3, -0.25) is 4.79 Å². The van der Waals surface area contributed by atoms with Crippen molar-refractivity contribution >= 4 is 5.97 Å². The van der Waals surface area contributed by atoms with Crippen molar-refractivity contribution in [3.63, 3.8) is 0 Å². The fraction of sp³-hybridized carbons (Fsp3) is 0.929. The molecule has 0 aromatic rings. The Morgan fingerprint density at radius 2 is 1.69 bits per heavy atom. The van der Waals surface area contributed by atoms with E-state index in [-0.39, 0.29) is 17.0 Å². The van der Waals surface area contributed by atoms with E-state index in [1.54, 1.807) is 0 Å². The molecular formula is C14H26O2. The number of rotatable bonds is 4. The van der Waals surface area contributed by atoms with E-state index in [2.05, 4.69) is 13.8 Å². The van der Waals surface area contributed by atoms with Crippen molar-refractivity contribution in [1.82, 2.24) is 0 Å². The van der Waals surface area contributed by atoms with Crippen molar-refractivity contribution in [3.05, 3.63) is 0 Å². The third-order valence-electron chi connectivity index (χ3n) is 4.13. The first kappa shape index (κ1) is 13.5. The smallest absolute Gasteiger partial charge is 0.312 e. The summed E-state index contributed by atoms with van der Waals surface area (Å²) < 4.78 is 5.74. The van der Waals surface area contributed by atoms with Crippen molar-refractivity contribution < 1.29 is 9.53 Å². The second-order valence-electron chi connectivity index (χ2n) is 6.21. The molecule has 0 aromatic carbocycles. The van der Waals surface area contributed by atoms with Gasteiger partial charge in [0.2, 0.25) is 0 Å². The number of carbonyl (C=O) groups is 1. The molecule has 0 aliphatic heterocycles. The first-order valence-electron chi connectivity index (χ1n) is 6.53. The highest BCUT2D eigenvalue weighted by Gasteiger charge is 2.38. The zero-order valence-corrected chi connectivity index (χ0v) is 11.4. The lowest BCUT2D eigenvalue weighted by Crippen LogP contribution is -2.39. The average molecular weight is 226 g/mol. The standard InChI is InChI=1S/C14H26O2/c1-6-13(2,3)12(15)16-14(4,5)11-9-7-8-10-11/h11H,6-10H2,1-5H3. The molecular weight excluding hydrogens is 200 g/mol. The predicted molar refractivity (Wildman–Crippen MR) is 66.2 cm³/mol. The lowest BCUT2D eigenvalue weighted by atomic mass is 9.87. The lowest BCUT2D eigenvalue weighted by molar-refractivity contribution is -0.172. The van der Waals surface area contributed by atoms with Crippen LogP contribution in [0.3, 0.4) is 0 Å². The van der Waals surface area contributed by atoms with E-state index >= 15 is 0 Å². The molecule has 2 heteroatoms. The van der Waals surface area contributed by atoms with Crippen LogP contribution in [0, 0.1) is 11.3 Å². The predicted octanol–water partition coefficient (Wildman–Crippen LogP) is 3.93. The third kappa shape index (κ3) is 2.99. The highest BCUT2D eigenvalue weighted by molar-refractivity contribution is 5.76. The van der Waals surface area contributed by atoms with E-state index in [0.717, 1.165) is 6.42 Å². The summed E-state index contributed by atoms with van der Waals surface area (Å²) in [6.07, 6.45) is 5.79. The van der Waals surface area contributed by atoms with E-state index in [4.69, 9.17) is 4.74 Å². The Labute approximate surface area is 99.8 Å². The van der Waals surface area contributed by atoms with Crippen LogP contribution in [0.25, 0.3) is 0 Å². The van der Waals surface area contributed by atoms with Crippen LogP contribution in [-0.4, -0.2) is 11.6 Å². The van der Waals surface area contributed by atoms with Crippen molar-refractivity contribution in [2.24, 2.45) is 11.3 Å². The largest absolute Gasteiger partial charge is 0.459 e. The minimum atomic E-state index is -0.351. The van der Waals surface area contributed by atoms with Gasteiger partial charge in [-0.25, -0.2) is 0 Å². The molecule has 2 nitrogen and oxygen atoms in total. The van der Waals surface area contributed by atoms with Crippen LogP contribution in [0.2, 0.25) is 0 Å². The van der Waals surface area contributed by atoms with E-state index in [9.17, 15) is 4.79 Å². The normalized spacial score (nSPS) is 18.8. The second kappa shape index (κ2) is 4.77. The maximum absolute atomic E-state index is 12.0. The Morgan fingerprint density at radius 1 is 1.19 bits per heavy atom. The van der Waals surface area contributed by atoms with Gasteiger partial charge in [0.1, 0.15) is 5.60 Å². The molecule has 1 rings (SSSR count). The maximum Gasteiger partial charge on any atom is 0.312 e. The van der Waals surface area contributed by atoms with Gasteiger partial charge in [0.25, 0.3) is 0 Å². The summed E-state index contributed by atoms with van der Waals surface area (Å²) >= 11 is 0. The fourth-order valence-corrected chi connectivity index (χ4v) is 2.23. The van der Waals surface area contributed by atoms with Crippen LogP contribution in [0.1, 0.15) is 66.7 Å². The third-order valence-corrected chi connectivity index (χ3v) is 4.13. The molecule has 0 unspecified atom stereocenters. The Morgan fingerprint density at radius 3 is 2.12 bits per heavy atom. The summed E-state index contributed by atoms with van der Waals surface area (Å²) in [5.41, 5.74) is -0.643. The Hall–Kier alpha value is -0.530. The van der Waals surface area contributed by atoms with Crippen molar-refractivity contribution in [1.29, 1.82) is 0 Å². The molecule has 16 heavy (non-hydrogen) atoms. The SMILES string of the molecule is CCC(C)(C)C(=O)OC(C)(C)C1CCCC1. The maximum atomic E-state index is 12.0. The van der Waals surface area contributed by atoms with Crippen molar-refractivity contribution in [2.75, 3.05) is 0 Å². The summed E-state index contributed by atoms with van der Waals surface area (Å²) in [7, 11) is 0. The zero-order valence-electron chi connectivity index (χ0n) is 11.4. The van der Waals surface area contributed by atoms with E-state index in [0.29, 0.717) is 5.92 Å². The van der Waals surface area contributed by atoms with Crippen molar-refractivity contribution in [3.8, 4) is 0 Å². The highest BCUT2D eigenvalue weighted by Crippen LogP contribution is 2.37. The monoisotopic (exact) mass is 226 g/mol. The van der Waals surface area contributed by atoms with E-state index in [1.807, 2.05) is 20.8 Å². The Bertz CT molecular complexity index is 247. The first-order valence-corrected chi connectivity index (χ1v) is 6.53. The summed E-state index contributed by atoms with van der Waals surface area (Å²) in [6, 6.07) is 0. The van der Waals surface area contributed by atoms with E-state index < -0.39 is 0 Å². The number of hydrogen-bond acceptors (Lipinski definition) is 2. The van der Waals surface area contributed by atoms with Gasteiger partial charge in [0, 0.05) is 0 Å². The quantitative estimate of drug-likeness (QED) is 0.679. The zero-order chi connectivity index (χ0) is 12.4. The molecule has 0 atom stereocenters. The molecule has 1 fully saturated rings. The topological polar surface area (TPSA) is 26.3 Å². The molecule has 0 heterocycles. The number of carbonyl (C=O) groups excluding carboxylic acids is 1. The molecule has 0 amide bonds. The first-order chi connectivity index (χ1) is 7.29. The minimum absolute atomic E-state index is 0.0492. The van der Waals surface area contributed by atoms with E-state index in [1.165, 1.54) is 25.7 Å². The molecule has 1 aliphatic carbocycles. The summed E-state index contributed by atoms with van der Waals surface area (Å²) in [6.45, 7) is 10.1. The molecule has 0 aromatic heterocycles. The molecule has 0 bridgehead atoms. The summed E-state index contributed by atoms with van der Waals surface area (Å²) in [4.78, 5) is 12.0. The molecule has 1 saturated carbocycles. The summed E-state index contributed by atoms with van der Waals surface area (Å²) in [5.74, 6) is 0.496. The number of ether oxygens (including phenoxy) is 1. The molecule has 1 aliphatic rings. The lowest BCUT2D eigenvalue weighted by Gasteiger charge is -2.34. The van der Waals surface area contributed by atoms with Gasteiger partial charge < -0.3 is 4.74 Å². The van der Waals surface area contributed by atoms with Crippen LogP contribution < -0.4 is 0 Å². The Balaban J connectivity index is 2.61. The molecule has 0 spiro atoms. The van der Waals surface area contributed by atoms with Gasteiger partial charge in [-0.2, -0.15) is 0 Å². The van der Waals surface area contributed by atoms with Gasteiger partial charge in [-0.15, -0.1) is 0 Å². The van der Waals surface area contributed by atoms with Gasteiger partial charge in [0.15, 0.2) is 0 Å². The van der Waals surface area contributed by atoms with Crippen molar-refractivity contribution in [2.45, 2.75) is 72.3 Å². The highest BCUT2D eigenvalue weighted by atomic mass is 16.6. The minimum Gasteiger partial charge on any atom is -0.459 e. The summed E-state index contributed by atoms with van der Waals surface area (Å²) in [5, 5.41) is 0. The average Bonchev–Trinajstić information content (AvgIpc) is 2.70. The van der Waals surface area contributed by atoms with Gasteiger partial charge in [-0.1, -0.05) is 19.8 Å². The van der Waals surface area contributed by atoms with Crippen LogP contribution >= 0.6 is 0 Å². The van der Waals surface area contributed by atoms with Gasteiger partial charge in [0.05, 0.1) is 5.41 Å². The second-order valence-corrected chi connectivity index (χ2v) is 6.21. The number of esters is 1. The molecule has 0 radical (unpaired) electrons. The molecule has 0 saturated heterocycles. The van der Waals surface area contributed by atoms with Gasteiger partial charge >= 0.3 is 5.97 Å². The molecule has 94 valence electrons. The van der Waals surface area contributed by atoms with Gasteiger partial charge in [-0.05, 0) is 52.9 Å². The number of hydrogen-bond donors (Lipinski definition) is 0. The fourth-order valence-electron chi connectivity index (χ4n) is 2.23.